The fourth-order valence-corrected chi connectivity index (χ4v) is 1.54. The molecule has 0 spiro atoms. The number of amides is 1. The van der Waals surface area contributed by atoms with Crippen molar-refractivity contribution in [3.05, 3.63) is 0 Å². The number of carbonyl (C=O) groups excluding carboxylic acids is 1. The van der Waals surface area contributed by atoms with Crippen LogP contribution in [0.4, 0.5) is 0 Å². The Balaban J connectivity index is 3.44. The van der Waals surface area contributed by atoms with Gasteiger partial charge in [0.05, 0.1) is 0 Å². The number of carbonyl (C=O) groups is 1. The van der Waals surface area contributed by atoms with E-state index in [9.17, 15) is 4.79 Å². The Morgan fingerprint density at radius 3 is 2.31 bits per heavy atom. The molecule has 0 saturated carbocycles. The molecule has 0 saturated heterocycles. The SMILES string of the molecule is CC(C)CCCCNC(C)CC(=O)N(C)C. The highest BCUT2D eigenvalue weighted by Crippen LogP contribution is 2.05. The van der Waals surface area contributed by atoms with Crippen molar-refractivity contribution in [3.8, 4) is 0 Å². The van der Waals surface area contributed by atoms with E-state index in [2.05, 4.69) is 26.1 Å². The van der Waals surface area contributed by atoms with Crippen molar-refractivity contribution in [2.45, 2.75) is 52.5 Å². The van der Waals surface area contributed by atoms with Crippen LogP contribution >= 0.6 is 0 Å². The standard InChI is InChI=1S/C13H28N2O/c1-11(2)8-6-7-9-14-12(3)10-13(16)15(4)5/h11-12,14H,6-10H2,1-5H3. The summed E-state index contributed by atoms with van der Waals surface area (Å²) in [5.74, 6) is 0.995. The minimum Gasteiger partial charge on any atom is -0.349 e. The van der Waals surface area contributed by atoms with Gasteiger partial charge in [0.1, 0.15) is 0 Å². The zero-order chi connectivity index (χ0) is 12.6. The molecule has 1 unspecified atom stereocenters. The van der Waals surface area contributed by atoms with Crippen LogP contribution in [0.5, 0.6) is 0 Å². The molecule has 0 aromatic carbocycles. The third-order valence-electron chi connectivity index (χ3n) is 2.68. The zero-order valence-electron chi connectivity index (χ0n) is 11.5. The van der Waals surface area contributed by atoms with Crippen LogP contribution < -0.4 is 5.32 Å². The molecule has 3 heteroatoms. The normalized spacial score (nSPS) is 12.9. The lowest BCUT2D eigenvalue weighted by Gasteiger charge is -2.16. The maximum Gasteiger partial charge on any atom is 0.223 e. The number of unbranched alkanes of at least 4 members (excludes halogenated alkanes) is 1. The van der Waals surface area contributed by atoms with E-state index in [1.165, 1.54) is 19.3 Å². The quantitative estimate of drug-likeness (QED) is 0.646. The Labute approximate surface area is 101 Å². The fourth-order valence-electron chi connectivity index (χ4n) is 1.54. The predicted molar refractivity (Wildman–Crippen MR) is 69.5 cm³/mol. The van der Waals surface area contributed by atoms with Crippen molar-refractivity contribution in [2.24, 2.45) is 5.92 Å². The average Bonchev–Trinajstić information content (AvgIpc) is 2.16. The van der Waals surface area contributed by atoms with Gasteiger partial charge in [-0.25, -0.2) is 0 Å². The largest absolute Gasteiger partial charge is 0.349 e. The molecule has 96 valence electrons. The van der Waals surface area contributed by atoms with Gasteiger partial charge in [-0.1, -0.05) is 26.7 Å². The topological polar surface area (TPSA) is 32.3 Å². The highest BCUT2D eigenvalue weighted by atomic mass is 16.2. The maximum atomic E-state index is 11.4. The van der Waals surface area contributed by atoms with Gasteiger partial charge in [0.2, 0.25) is 5.91 Å². The van der Waals surface area contributed by atoms with Gasteiger partial charge in [0.15, 0.2) is 0 Å². The van der Waals surface area contributed by atoms with Gasteiger partial charge in [0.25, 0.3) is 0 Å². The summed E-state index contributed by atoms with van der Waals surface area (Å²) < 4.78 is 0. The van der Waals surface area contributed by atoms with Crippen molar-refractivity contribution >= 4 is 5.91 Å². The summed E-state index contributed by atoms with van der Waals surface area (Å²) in [6.45, 7) is 7.61. The summed E-state index contributed by atoms with van der Waals surface area (Å²) in [6.07, 6.45) is 4.38. The highest BCUT2D eigenvalue weighted by molar-refractivity contribution is 5.76. The van der Waals surface area contributed by atoms with E-state index < -0.39 is 0 Å². The summed E-state index contributed by atoms with van der Waals surface area (Å²) in [5.41, 5.74) is 0. The summed E-state index contributed by atoms with van der Waals surface area (Å²) in [4.78, 5) is 13.1. The molecule has 0 rings (SSSR count). The van der Waals surface area contributed by atoms with E-state index in [0.29, 0.717) is 6.42 Å². The van der Waals surface area contributed by atoms with Gasteiger partial charge in [-0.3, -0.25) is 4.79 Å². The summed E-state index contributed by atoms with van der Waals surface area (Å²) in [5, 5.41) is 3.39. The van der Waals surface area contributed by atoms with Crippen LogP contribution in [0.2, 0.25) is 0 Å². The first-order chi connectivity index (χ1) is 7.43. The lowest BCUT2D eigenvalue weighted by atomic mass is 10.1. The molecule has 0 radical (unpaired) electrons. The van der Waals surface area contributed by atoms with Gasteiger partial charge < -0.3 is 10.2 Å². The minimum atomic E-state index is 0.196. The van der Waals surface area contributed by atoms with Crippen molar-refractivity contribution in [2.75, 3.05) is 20.6 Å². The summed E-state index contributed by atoms with van der Waals surface area (Å²) in [6, 6.07) is 0.286. The molecule has 1 amide bonds. The van der Waals surface area contributed by atoms with Gasteiger partial charge in [0, 0.05) is 26.6 Å². The van der Waals surface area contributed by atoms with Crippen LogP contribution in [0.1, 0.15) is 46.5 Å². The Hall–Kier alpha value is -0.570. The van der Waals surface area contributed by atoms with Crippen molar-refractivity contribution < 1.29 is 4.79 Å². The van der Waals surface area contributed by atoms with Crippen molar-refractivity contribution in [1.29, 1.82) is 0 Å². The lowest BCUT2D eigenvalue weighted by Crippen LogP contribution is -2.33. The number of nitrogens with zero attached hydrogens (tertiary/aromatic N) is 1. The Morgan fingerprint density at radius 1 is 1.19 bits per heavy atom. The molecular weight excluding hydrogens is 200 g/mol. The van der Waals surface area contributed by atoms with E-state index in [1.807, 2.05) is 0 Å². The lowest BCUT2D eigenvalue weighted by molar-refractivity contribution is -0.129. The monoisotopic (exact) mass is 228 g/mol. The highest BCUT2D eigenvalue weighted by Gasteiger charge is 2.09. The van der Waals surface area contributed by atoms with Crippen LogP contribution in [0.15, 0.2) is 0 Å². The second kappa shape index (κ2) is 8.57. The van der Waals surface area contributed by atoms with Crippen LogP contribution in [-0.2, 0) is 4.79 Å². The molecule has 0 aromatic rings. The van der Waals surface area contributed by atoms with Crippen LogP contribution in [0.25, 0.3) is 0 Å². The Bertz CT molecular complexity index is 190. The molecule has 0 aromatic heterocycles. The molecule has 0 fully saturated rings. The van der Waals surface area contributed by atoms with Crippen molar-refractivity contribution in [3.63, 3.8) is 0 Å². The molecule has 0 aliphatic carbocycles. The summed E-state index contributed by atoms with van der Waals surface area (Å²) in [7, 11) is 3.61. The Morgan fingerprint density at radius 2 is 1.81 bits per heavy atom. The number of hydrogen-bond donors (Lipinski definition) is 1. The van der Waals surface area contributed by atoms with Gasteiger partial charge >= 0.3 is 0 Å². The van der Waals surface area contributed by atoms with E-state index in [4.69, 9.17) is 0 Å². The third-order valence-corrected chi connectivity index (χ3v) is 2.68. The first-order valence-corrected chi connectivity index (χ1v) is 6.37. The van der Waals surface area contributed by atoms with E-state index in [1.54, 1.807) is 19.0 Å². The first kappa shape index (κ1) is 15.4. The second-order valence-electron chi connectivity index (χ2n) is 5.24. The molecular formula is C13H28N2O. The average molecular weight is 228 g/mol. The predicted octanol–water partition coefficient (Wildman–Crippen LogP) is 2.27. The summed E-state index contributed by atoms with van der Waals surface area (Å²) >= 11 is 0. The molecule has 1 atom stereocenters. The molecule has 16 heavy (non-hydrogen) atoms. The van der Waals surface area contributed by atoms with E-state index in [0.717, 1.165) is 12.5 Å². The molecule has 1 N–H and O–H groups in total. The van der Waals surface area contributed by atoms with Crippen molar-refractivity contribution in [1.82, 2.24) is 10.2 Å². The molecule has 0 aliphatic heterocycles. The van der Waals surface area contributed by atoms with Gasteiger partial charge in [-0.15, -0.1) is 0 Å². The van der Waals surface area contributed by atoms with Crippen LogP contribution in [0.3, 0.4) is 0 Å². The minimum absolute atomic E-state index is 0.196. The van der Waals surface area contributed by atoms with Crippen LogP contribution in [-0.4, -0.2) is 37.5 Å². The van der Waals surface area contributed by atoms with Gasteiger partial charge in [-0.2, -0.15) is 0 Å². The molecule has 0 heterocycles. The Kier molecular flexibility index (Phi) is 8.26. The third kappa shape index (κ3) is 8.72. The number of rotatable bonds is 8. The molecule has 0 aliphatic rings. The van der Waals surface area contributed by atoms with Gasteiger partial charge in [-0.05, 0) is 25.8 Å². The first-order valence-electron chi connectivity index (χ1n) is 6.37. The fraction of sp³-hybridized carbons (Fsp3) is 0.923. The second-order valence-corrected chi connectivity index (χ2v) is 5.24. The number of nitrogens with one attached hydrogen (secondary N) is 1. The molecule has 0 bridgehead atoms. The van der Waals surface area contributed by atoms with E-state index >= 15 is 0 Å². The van der Waals surface area contributed by atoms with E-state index in [-0.39, 0.29) is 11.9 Å². The molecule has 3 nitrogen and oxygen atoms in total. The maximum absolute atomic E-state index is 11.4. The smallest absolute Gasteiger partial charge is 0.223 e. The van der Waals surface area contributed by atoms with Crippen LogP contribution in [0, 0.1) is 5.92 Å². The number of hydrogen-bond acceptors (Lipinski definition) is 2. The zero-order valence-corrected chi connectivity index (χ0v) is 11.5.